The molecule has 2 aliphatic heterocycles. The normalized spacial score (nSPS) is 16.8. The van der Waals surface area contributed by atoms with E-state index in [4.69, 9.17) is 4.98 Å². The number of anilines is 1. The summed E-state index contributed by atoms with van der Waals surface area (Å²) in [4.78, 5) is 37.0. The third-order valence-corrected chi connectivity index (χ3v) is 5.77. The van der Waals surface area contributed by atoms with Crippen LogP contribution < -0.4 is 10.5 Å². The number of aromatic amines is 1. The van der Waals surface area contributed by atoms with Crippen molar-refractivity contribution in [3.8, 4) is 0 Å². The molecule has 1 saturated heterocycles. The maximum absolute atomic E-state index is 12.9. The second-order valence-corrected chi connectivity index (χ2v) is 7.66. The Morgan fingerprint density at radius 3 is 2.79 bits per heavy atom. The molecule has 29 heavy (non-hydrogen) atoms. The minimum atomic E-state index is -0.0788. The number of benzene rings is 1. The Kier molecular flexibility index (Phi) is 4.49. The topological polar surface area (TPSA) is 100 Å². The van der Waals surface area contributed by atoms with Gasteiger partial charge < -0.3 is 9.80 Å². The van der Waals surface area contributed by atoms with Crippen LogP contribution >= 0.6 is 0 Å². The molecular weight excluding hydrogens is 370 g/mol. The lowest BCUT2D eigenvalue weighted by molar-refractivity contribution is -0.133. The first-order valence-electron chi connectivity index (χ1n) is 10.1. The van der Waals surface area contributed by atoms with Crippen molar-refractivity contribution >= 4 is 22.9 Å². The molecule has 1 N–H and O–H groups in total. The summed E-state index contributed by atoms with van der Waals surface area (Å²) in [5, 5.41) is 8.21. The summed E-state index contributed by atoms with van der Waals surface area (Å²) in [5.74, 6) is 0.581. The van der Waals surface area contributed by atoms with Gasteiger partial charge in [0.25, 0.3) is 5.56 Å². The number of fused-ring (bicyclic) bond motifs is 2. The number of piperidine rings is 1. The van der Waals surface area contributed by atoms with Crippen LogP contribution in [-0.2, 0) is 24.3 Å². The van der Waals surface area contributed by atoms with Gasteiger partial charge in [0.05, 0.1) is 17.8 Å². The third-order valence-electron chi connectivity index (χ3n) is 5.77. The van der Waals surface area contributed by atoms with Gasteiger partial charge in [0.2, 0.25) is 11.9 Å². The van der Waals surface area contributed by atoms with Gasteiger partial charge in [-0.25, -0.2) is 9.67 Å². The van der Waals surface area contributed by atoms with E-state index in [2.05, 4.69) is 20.2 Å². The van der Waals surface area contributed by atoms with E-state index in [1.807, 2.05) is 24.3 Å². The molecule has 150 valence electrons. The standard InChI is InChI=1S/C20H23N7O2/c28-18(13-27-17-7-3-2-6-15(17)23-24-27)26-11-8-14-16(12-26)21-20(22-19(14)29)25-9-4-1-5-10-25/h2-3,6-7H,1,4-5,8-13H2,(H,21,22,29). The van der Waals surface area contributed by atoms with Crippen LogP contribution in [0.4, 0.5) is 5.95 Å². The Labute approximate surface area is 167 Å². The highest BCUT2D eigenvalue weighted by molar-refractivity contribution is 5.80. The first kappa shape index (κ1) is 17.8. The summed E-state index contributed by atoms with van der Waals surface area (Å²) in [7, 11) is 0. The summed E-state index contributed by atoms with van der Waals surface area (Å²) in [6, 6.07) is 7.58. The zero-order valence-electron chi connectivity index (χ0n) is 16.2. The zero-order valence-corrected chi connectivity index (χ0v) is 16.2. The predicted octanol–water partition coefficient (Wildman–Crippen LogP) is 1.09. The summed E-state index contributed by atoms with van der Waals surface area (Å²) >= 11 is 0. The number of H-pyrrole nitrogens is 1. The highest BCUT2D eigenvalue weighted by atomic mass is 16.2. The van der Waals surface area contributed by atoms with Crippen LogP contribution in [0, 0.1) is 0 Å². The van der Waals surface area contributed by atoms with Crippen LogP contribution in [0.5, 0.6) is 0 Å². The van der Waals surface area contributed by atoms with E-state index in [-0.39, 0.29) is 18.0 Å². The fourth-order valence-corrected chi connectivity index (χ4v) is 4.16. The second kappa shape index (κ2) is 7.31. The molecule has 1 aromatic carbocycles. The molecule has 1 fully saturated rings. The summed E-state index contributed by atoms with van der Waals surface area (Å²) in [5.41, 5.74) is 2.92. The number of nitrogens with zero attached hydrogens (tertiary/aromatic N) is 6. The van der Waals surface area contributed by atoms with Crippen molar-refractivity contribution in [2.24, 2.45) is 0 Å². The molecule has 0 bridgehead atoms. The molecule has 0 saturated carbocycles. The number of aromatic nitrogens is 5. The fraction of sp³-hybridized carbons (Fsp3) is 0.450. The Morgan fingerprint density at radius 2 is 1.93 bits per heavy atom. The monoisotopic (exact) mass is 393 g/mol. The van der Waals surface area contributed by atoms with Gasteiger partial charge in [-0.05, 0) is 37.8 Å². The number of rotatable bonds is 3. The first-order valence-corrected chi connectivity index (χ1v) is 10.1. The molecule has 3 aromatic rings. The number of hydrogen-bond acceptors (Lipinski definition) is 6. The molecule has 2 aliphatic rings. The second-order valence-electron chi connectivity index (χ2n) is 7.66. The summed E-state index contributed by atoms with van der Waals surface area (Å²) in [6.07, 6.45) is 3.95. The van der Waals surface area contributed by atoms with Crippen molar-refractivity contribution in [1.82, 2.24) is 29.9 Å². The van der Waals surface area contributed by atoms with Gasteiger partial charge in [0, 0.05) is 25.2 Å². The minimum Gasteiger partial charge on any atom is -0.342 e. The maximum atomic E-state index is 12.9. The van der Waals surface area contributed by atoms with E-state index in [1.54, 1.807) is 9.58 Å². The minimum absolute atomic E-state index is 0.0482. The van der Waals surface area contributed by atoms with Gasteiger partial charge in [0.1, 0.15) is 12.1 Å². The Morgan fingerprint density at radius 1 is 1.10 bits per heavy atom. The number of carbonyl (C=O) groups is 1. The molecule has 1 amide bonds. The van der Waals surface area contributed by atoms with Crippen LogP contribution in [0.1, 0.15) is 30.5 Å². The van der Waals surface area contributed by atoms with E-state index < -0.39 is 0 Å². The number of hydrogen-bond donors (Lipinski definition) is 1. The van der Waals surface area contributed by atoms with E-state index in [0.717, 1.165) is 37.0 Å². The highest BCUT2D eigenvalue weighted by Gasteiger charge is 2.26. The lowest BCUT2D eigenvalue weighted by Gasteiger charge is -2.31. The van der Waals surface area contributed by atoms with Gasteiger partial charge in [-0.15, -0.1) is 5.10 Å². The molecule has 2 aromatic heterocycles. The average Bonchev–Trinajstić information content (AvgIpc) is 3.17. The van der Waals surface area contributed by atoms with Gasteiger partial charge in [-0.1, -0.05) is 17.3 Å². The molecule has 9 heteroatoms. The molecule has 0 aliphatic carbocycles. The van der Waals surface area contributed by atoms with Crippen molar-refractivity contribution in [3.05, 3.63) is 45.9 Å². The molecule has 0 unspecified atom stereocenters. The Bertz CT molecular complexity index is 1110. The molecular formula is C20H23N7O2. The number of amides is 1. The van der Waals surface area contributed by atoms with Crippen LogP contribution in [0.15, 0.2) is 29.1 Å². The number of carbonyl (C=O) groups excluding carboxylic acids is 1. The molecule has 0 atom stereocenters. The average molecular weight is 393 g/mol. The maximum Gasteiger partial charge on any atom is 0.255 e. The van der Waals surface area contributed by atoms with Gasteiger partial charge in [-0.3, -0.25) is 14.6 Å². The lowest BCUT2D eigenvalue weighted by atomic mass is 10.1. The molecule has 0 radical (unpaired) electrons. The predicted molar refractivity (Wildman–Crippen MR) is 108 cm³/mol. The molecule has 5 rings (SSSR count). The molecule has 0 spiro atoms. The first-order chi connectivity index (χ1) is 14.2. The number of nitrogens with one attached hydrogen (secondary N) is 1. The SMILES string of the molecule is O=C(Cn1nnc2ccccc21)N1CCc2c(nc(N3CCCCC3)[nH]c2=O)C1. The van der Waals surface area contributed by atoms with Crippen molar-refractivity contribution in [2.75, 3.05) is 24.5 Å². The zero-order chi connectivity index (χ0) is 19.8. The molecule has 4 heterocycles. The van der Waals surface area contributed by atoms with E-state index in [0.29, 0.717) is 36.7 Å². The van der Waals surface area contributed by atoms with Crippen molar-refractivity contribution < 1.29 is 4.79 Å². The third kappa shape index (κ3) is 3.37. The van der Waals surface area contributed by atoms with E-state index >= 15 is 0 Å². The quantitative estimate of drug-likeness (QED) is 0.715. The summed E-state index contributed by atoms with van der Waals surface area (Å²) < 4.78 is 1.62. The van der Waals surface area contributed by atoms with Crippen LogP contribution in [0.3, 0.4) is 0 Å². The van der Waals surface area contributed by atoms with Crippen molar-refractivity contribution in [3.63, 3.8) is 0 Å². The molecule has 9 nitrogen and oxygen atoms in total. The lowest BCUT2D eigenvalue weighted by Crippen LogP contribution is -2.41. The van der Waals surface area contributed by atoms with E-state index in [1.165, 1.54) is 6.42 Å². The summed E-state index contributed by atoms with van der Waals surface area (Å²) in [6.45, 7) is 2.79. The van der Waals surface area contributed by atoms with Crippen molar-refractivity contribution in [2.45, 2.75) is 38.8 Å². The largest absolute Gasteiger partial charge is 0.342 e. The van der Waals surface area contributed by atoms with Crippen LogP contribution in [-0.4, -0.2) is 55.4 Å². The fourth-order valence-electron chi connectivity index (χ4n) is 4.16. The van der Waals surface area contributed by atoms with Gasteiger partial charge in [0.15, 0.2) is 0 Å². The van der Waals surface area contributed by atoms with Crippen LogP contribution in [0.25, 0.3) is 11.0 Å². The highest BCUT2D eigenvalue weighted by Crippen LogP contribution is 2.20. The smallest absolute Gasteiger partial charge is 0.255 e. The Balaban J connectivity index is 1.36. The van der Waals surface area contributed by atoms with Crippen LogP contribution in [0.2, 0.25) is 0 Å². The Hall–Kier alpha value is -3.23. The van der Waals surface area contributed by atoms with Crippen molar-refractivity contribution in [1.29, 1.82) is 0 Å². The van der Waals surface area contributed by atoms with Gasteiger partial charge in [-0.2, -0.15) is 0 Å². The van der Waals surface area contributed by atoms with Gasteiger partial charge >= 0.3 is 0 Å². The van der Waals surface area contributed by atoms with E-state index in [9.17, 15) is 9.59 Å². The number of para-hydroxylation sites is 1.